The molecular weight excluding hydrogens is 246 g/mol. The third-order valence-corrected chi connectivity index (χ3v) is 4.66. The molecule has 0 N–H and O–H groups in total. The molecule has 1 aromatic rings. The zero-order valence-electron chi connectivity index (χ0n) is 10.4. The zero-order valence-corrected chi connectivity index (χ0v) is 11.2. The van der Waals surface area contributed by atoms with E-state index in [9.17, 15) is 4.79 Å². The number of piperidine rings is 1. The van der Waals surface area contributed by atoms with Crippen LogP contribution in [0.25, 0.3) is 0 Å². The summed E-state index contributed by atoms with van der Waals surface area (Å²) in [5.41, 5.74) is 1.81. The topological polar surface area (TPSA) is 20.3 Å². The first-order chi connectivity index (χ1) is 8.79. The number of nitrogens with zero attached hydrogens (tertiary/aromatic N) is 1. The predicted octanol–water partition coefficient (Wildman–Crippen LogP) is 3.92. The maximum atomic E-state index is 11.2. The van der Waals surface area contributed by atoms with Crippen LogP contribution < -0.4 is 4.90 Å². The number of carbonyl (C=O) groups excluding carboxylic acids is 1. The second-order valence-corrected chi connectivity index (χ2v) is 5.85. The largest absolute Gasteiger partial charge is 0.368 e. The van der Waals surface area contributed by atoms with Crippen LogP contribution in [0.15, 0.2) is 18.2 Å². The van der Waals surface area contributed by atoms with Gasteiger partial charge in [-0.05, 0) is 49.8 Å². The fourth-order valence-corrected chi connectivity index (χ4v) is 3.78. The number of fused-ring (bicyclic) bond motifs is 1. The normalized spacial score (nSPS) is 27.1. The van der Waals surface area contributed by atoms with Crippen LogP contribution in [0.4, 0.5) is 5.69 Å². The summed E-state index contributed by atoms with van der Waals surface area (Å²) in [7, 11) is 0. The van der Waals surface area contributed by atoms with E-state index in [1.165, 1.54) is 32.1 Å². The van der Waals surface area contributed by atoms with Crippen molar-refractivity contribution in [1.29, 1.82) is 0 Å². The van der Waals surface area contributed by atoms with E-state index in [-0.39, 0.29) is 0 Å². The molecule has 1 saturated carbocycles. The maximum Gasteiger partial charge on any atom is 0.152 e. The summed E-state index contributed by atoms with van der Waals surface area (Å²) >= 11 is 6.09. The van der Waals surface area contributed by atoms with Crippen molar-refractivity contribution in [3.63, 3.8) is 0 Å². The highest BCUT2D eigenvalue weighted by molar-refractivity contribution is 6.31. The molecule has 3 heteroatoms. The lowest BCUT2D eigenvalue weighted by Crippen LogP contribution is -2.43. The Balaban J connectivity index is 1.97. The van der Waals surface area contributed by atoms with E-state index in [1.807, 2.05) is 12.1 Å². The summed E-state index contributed by atoms with van der Waals surface area (Å²) in [6.45, 7) is 1.06. The number of rotatable bonds is 2. The quantitative estimate of drug-likeness (QED) is 0.754. The molecule has 1 aliphatic carbocycles. The van der Waals surface area contributed by atoms with Gasteiger partial charge in [-0.15, -0.1) is 0 Å². The summed E-state index contributed by atoms with van der Waals surface area (Å²) in [5.74, 6) is 0.817. The Kier molecular flexibility index (Phi) is 3.29. The summed E-state index contributed by atoms with van der Waals surface area (Å²) in [6, 6.07) is 6.20. The molecular formula is C15H18ClNO. The number of halogens is 1. The van der Waals surface area contributed by atoms with Gasteiger partial charge in [0.15, 0.2) is 6.29 Å². The minimum absolute atomic E-state index is 0.621. The molecule has 2 unspecified atom stereocenters. The van der Waals surface area contributed by atoms with Crippen molar-refractivity contribution >= 4 is 23.6 Å². The Labute approximate surface area is 113 Å². The van der Waals surface area contributed by atoms with Crippen LogP contribution in [0, 0.1) is 5.92 Å². The van der Waals surface area contributed by atoms with Gasteiger partial charge in [0.1, 0.15) is 0 Å². The number of hydrogen-bond acceptors (Lipinski definition) is 2. The van der Waals surface area contributed by atoms with Gasteiger partial charge < -0.3 is 4.90 Å². The van der Waals surface area contributed by atoms with Crippen LogP contribution in [0.3, 0.4) is 0 Å². The van der Waals surface area contributed by atoms with Gasteiger partial charge in [0, 0.05) is 28.9 Å². The summed E-state index contributed by atoms with van der Waals surface area (Å²) < 4.78 is 0. The molecule has 96 valence electrons. The number of carbonyl (C=O) groups is 1. The Morgan fingerprint density at radius 3 is 2.89 bits per heavy atom. The average molecular weight is 264 g/mol. The molecule has 1 aromatic carbocycles. The van der Waals surface area contributed by atoms with Crippen LogP contribution in [0.1, 0.15) is 42.5 Å². The van der Waals surface area contributed by atoms with E-state index >= 15 is 0 Å². The van der Waals surface area contributed by atoms with Gasteiger partial charge >= 0.3 is 0 Å². The van der Waals surface area contributed by atoms with Gasteiger partial charge in [0.2, 0.25) is 0 Å². The number of aldehydes is 1. The molecule has 2 atom stereocenters. The van der Waals surface area contributed by atoms with Crippen molar-refractivity contribution in [1.82, 2.24) is 0 Å². The van der Waals surface area contributed by atoms with E-state index < -0.39 is 0 Å². The lowest BCUT2D eigenvalue weighted by atomic mass is 9.91. The molecule has 1 aliphatic heterocycles. The van der Waals surface area contributed by atoms with E-state index in [2.05, 4.69) is 4.90 Å². The lowest BCUT2D eigenvalue weighted by molar-refractivity contribution is 0.112. The molecule has 2 aliphatic rings. The smallest absolute Gasteiger partial charge is 0.152 e. The second kappa shape index (κ2) is 4.93. The van der Waals surface area contributed by atoms with Crippen molar-refractivity contribution in [3.8, 4) is 0 Å². The van der Waals surface area contributed by atoms with E-state index in [4.69, 9.17) is 11.6 Å². The molecule has 0 radical (unpaired) electrons. The van der Waals surface area contributed by atoms with Gasteiger partial charge in [0.25, 0.3) is 0 Å². The van der Waals surface area contributed by atoms with Gasteiger partial charge in [-0.3, -0.25) is 4.79 Å². The third kappa shape index (κ3) is 2.03. The Morgan fingerprint density at radius 1 is 1.22 bits per heavy atom. The summed E-state index contributed by atoms with van der Waals surface area (Å²) in [6.07, 6.45) is 7.45. The highest BCUT2D eigenvalue weighted by atomic mass is 35.5. The van der Waals surface area contributed by atoms with E-state index in [1.54, 1.807) is 6.07 Å². The second-order valence-electron chi connectivity index (χ2n) is 5.41. The number of anilines is 1. The number of benzene rings is 1. The monoisotopic (exact) mass is 263 g/mol. The minimum Gasteiger partial charge on any atom is -0.368 e. The zero-order chi connectivity index (χ0) is 12.5. The first-order valence-electron chi connectivity index (χ1n) is 6.81. The van der Waals surface area contributed by atoms with E-state index in [0.717, 1.165) is 35.0 Å². The van der Waals surface area contributed by atoms with Crippen LogP contribution in [0.2, 0.25) is 5.02 Å². The van der Waals surface area contributed by atoms with Gasteiger partial charge in [0.05, 0.1) is 0 Å². The first-order valence-corrected chi connectivity index (χ1v) is 7.19. The Morgan fingerprint density at radius 2 is 2.06 bits per heavy atom. The van der Waals surface area contributed by atoms with E-state index in [0.29, 0.717) is 6.04 Å². The number of hydrogen-bond donors (Lipinski definition) is 0. The fraction of sp³-hybridized carbons (Fsp3) is 0.533. The molecule has 0 bridgehead atoms. The Hall–Kier alpha value is -1.02. The van der Waals surface area contributed by atoms with Crippen LogP contribution in [0.5, 0.6) is 0 Å². The van der Waals surface area contributed by atoms with Gasteiger partial charge in [-0.1, -0.05) is 18.0 Å². The van der Waals surface area contributed by atoms with Crippen molar-refractivity contribution in [2.75, 3.05) is 11.4 Å². The standard InChI is InChI=1S/C15H18ClNO/c16-13-7-6-12(10-18)15(9-13)17-8-2-4-11-3-1-5-14(11)17/h6-7,9-11,14H,1-5,8H2. The van der Waals surface area contributed by atoms with Crippen molar-refractivity contribution in [2.24, 2.45) is 5.92 Å². The van der Waals surface area contributed by atoms with Crippen molar-refractivity contribution in [3.05, 3.63) is 28.8 Å². The highest BCUT2D eigenvalue weighted by Crippen LogP contribution is 2.40. The van der Waals surface area contributed by atoms with Gasteiger partial charge in [-0.2, -0.15) is 0 Å². The fourth-order valence-electron chi connectivity index (χ4n) is 3.62. The molecule has 0 aromatic heterocycles. The van der Waals surface area contributed by atoms with Crippen molar-refractivity contribution in [2.45, 2.75) is 38.1 Å². The molecule has 0 amide bonds. The Bertz CT molecular complexity index is 460. The van der Waals surface area contributed by atoms with Gasteiger partial charge in [-0.25, -0.2) is 0 Å². The molecule has 1 saturated heterocycles. The van der Waals surface area contributed by atoms with Crippen LogP contribution in [-0.2, 0) is 0 Å². The van der Waals surface area contributed by atoms with Crippen LogP contribution >= 0.6 is 11.6 Å². The summed E-state index contributed by atoms with van der Waals surface area (Å²) in [4.78, 5) is 13.6. The third-order valence-electron chi connectivity index (χ3n) is 4.42. The molecule has 1 heterocycles. The molecule has 2 nitrogen and oxygen atoms in total. The maximum absolute atomic E-state index is 11.2. The summed E-state index contributed by atoms with van der Waals surface area (Å²) in [5, 5.41) is 0.718. The molecule has 3 rings (SSSR count). The molecule has 0 spiro atoms. The molecule has 2 fully saturated rings. The van der Waals surface area contributed by atoms with Crippen LogP contribution in [-0.4, -0.2) is 18.9 Å². The SMILES string of the molecule is O=Cc1ccc(Cl)cc1N1CCCC2CCCC21. The lowest BCUT2D eigenvalue weighted by Gasteiger charge is -2.40. The first kappa shape index (κ1) is 12.0. The van der Waals surface area contributed by atoms with Crippen molar-refractivity contribution < 1.29 is 4.79 Å². The molecule has 18 heavy (non-hydrogen) atoms. The predicted molar refractivity (Wildman–Crippen MR) is 74.5 cm³/mol. The average Bonchev–Trinajstić information content (AvgIpc) is 2.86. The highest BCUT2D eigenvalue weighted by Gasteiger charge is 2.35. The minimum atomic E-state index is 0.621.